The molecule has 1 N–H and O–H groups in total. The lowest BCUT2D eigenvalue weighted by Gasteiger charge is -2.31. The summed E-state index contributed by atoms with van der Waals surface area (Å²) in [5.41, 5.74) is 1.06. The third kappa shape index (κ3) is 3.00. The fourth-order valence-electron chi connectivity index (χ4n) is 3.70. The normalized spacial score (nSPS) is 20.8. The van der Waals surface area contributed by atoms with E-state index in [1.54, 1.807) is 11.3 Å². The van der Waals surface area contributed by atoms with Crippen molar-refractivity contribution in [2.45, 2.75) is 38.3 Å². The van der Waals surface area contributed by atoms with E-state index in [0.29, 0.717) is 6.42 Å². The van der Waals surface area contributed by atoms with E-state index >= 15 is 0 Å². The highest BCUT2D eigenvalue weighted by Crippen LogP contribution is 2.42. The van der Waals surface area contributed by atoms with Crippen LogP contribution in [0.2, 0.25) is 0 Å². The molecule has 5 nitrogen and oxygen atoms in total. The molecule has 1 saturated heterocycles. The number of ether oxygens (including phenoxy) is 2. The van der Waals surface area contributed by atoms with E-state index in [9.17, 15) is 9.90 Å². The highest BCUT2D eigenvalue weighted by Gasteiger charge is 2.37. The molecule has 2 aliphatic heterocycles. The third-order valence-electron chi connectivity index (χ3n) is 4.92. The van der Waals surface area contributed by atoms with Gasteiger partial charge in [-0.25, -0.2) is 0 Å². The molecule has 132 valence electrons. The van der Waals surface area contributed by atoms with Gasteiger partial charge in [-0.1, -0.05) is 13.0 Å². The molecule has 1 fully saturated rings. The number of fused-ring (bicyclic) bond motifs is 1. The minimum Gasteiger partial charge on any atom is -0.480 e. The summed E-state index contributed by atoms with van der Waals surface area (Å²) in [4.78, 5) is 16.4. The monoisotopic (exact) mass is 359 g/mol. The summed E-state index contributed by atoms with van der Waals surface area (Å²) in [6.07, 6.45) is 2.59. The van der Waals surface area contributed by atoms with E-state index in [2.05, 4.69) is 24.0 Å². The maximum Gasteiger partial charge on any atom is 0.320 e. The zero-order chi connectivity index (χ0) is 17.4. The van der Waals surface area contributed by atoms with E-state index in [-0.39, 0.29) is 12.8 Å². The second-order valence-electron chi connectivity index (χ2n) is 6.41. The molecule has 3 heterocycles. The first-order valence-electron chi connectivity index (χ1n) is 8.64. The molecule has 2 aliphatic rings. The first-order chi connectivity index (χ1) is 12.2. The Morgan fingerprint density at radius 2 is 2.16 bits per heavy atom. The van der Waals surface area contributed by atoms with Gasteiger partial charge in [0.25, 0.3) is 0 Å². The van der Waals surface area contributed by atoms with Gasteiger partial charge < -0.3 is 14.6 Å². The zero-order valence-electron chi connectivity index (χ0n) is 14.1. The highest BCUT2D eigenvalue weighted by atomic mass is 32.1. The van der Waals surface area contributed by atoms with Crippen LogP contribution in [0.1, 0.15) is 41.1 Å². The number of thiophene rings is 1. The summed E-state index contributed by atoms with van der Waals surface area (Å²) in [5.74, 6) is 0.746. The predicted molar refractivity (Wildman–Crippen MR) is 95.5 cm³/mol. The fourth-order valence-corrected chi connectivity index (χ4v) is 4.80. The van der Waals surface area contributed by atoms with Crippen molar-refractivity contribution in [1.82, 2.24) is 4.90 Å². The van der Waals surface area contributed by atoms with E-state index in [1.165, 1.54) is 9.75 Å². The number of benzene rings is 1. The van der Waals surface area contributed by atoms with Crippen molar-refractivity contribution in [3.8, 4) is 11.5 Å². The van der Waals surface area contributed by atoms with Gasteiger partial charge >= 0.3 is 5.97 Å². The Hall–Kier alpha value is -2.05. The molecule has 2 aromatic rings. The number of aliphatic carboxylic acids is 1. The minimum atomic E-state index is -0.740. The Morgan fingerprint density at radius 3 is 2.92 bits per heavy atom. The summed E-state index contributed by atoms with van der Waals surface area (Å²) >= 11 is 1.76. The lowest BCUT2D eigenvalue weighted by Crippen LogP contribution is -2.39. The molecule has 2 atom stereocenters. The van der Waals surface area contributed by atoms with Crippen molar-refractivity contribution in [2.75, 3.05) is 13.3 Å². The molecule has 0 bridgehead atoms. The number of carboxylic acids is 1. The first kappa shape index (κ1) is 16.4. The standard InChI is InChI=1S/C19H21NO4S/c1-2-13-6-8-17(25-13)18(20-9-3-4-14(20)19(21)22)12-5-7-15-16(10-12)24-11-23-15/h5-8,10,14,18H,2-4,9,11H2,1H3,(H,21,22). The number of carboxylic acid groups (broad SMARTS) is 1. The van der Waals surface area contributed by atoms with Gasteiger partial charge in [0, 0.05) is 16.3 Å². The van der Waals surface area contributed by atoms with Crippen LogP contribution in [-0.4, -0.2) is 35.4 Å². The number of likely N-dealkylation sites (tertiary alicyclic amines) is 1. The molecule has 0 aliphatic carbocycles. The lowest BCUT2D eigenvalue weighted by molar-refractivity contribution is -0.142. The Labute approximate surface area is 150 Å². The number of hydrogen-bond acceptors (Lipinski definition) is 5. The van der Waals surface area contributed by atoms with Crippen molar-refractivity contribution in [3.63, 3.8) is 0 Å². The van der Waals surface area contributed by atoms with E-state index in [0.717, 1.165) is 36.4 Å². The maximum atomic E-state index is 11.7. The molecule has 4 rings (SSSR count). The second-order valence-corrected chi connectivity index (χ2v) is 7.61. The molecule has 0 amide bonds. The SMILES string of the molecule is CCc1ccc(C(c2ccc3c(c2)OCO3)N2CCCC2C(=O)O)s1. The van der Waals surface area contributed by atoms with Gasteiger partial charge in [0.15, 0.2) is 11.5 Å². The summed E-state index contributed by atoms with van der Waals surface area (Å²) in [7, 11) is 0. The van der Waals surface area contributed by atoms with E-state index < -0.39 is 12.0 Å². The van der Waals surface area contributed by atoms with Gasteiger partial charge in [-0.3, -0.25) is 9.69 Å². The number of hydrogen-bond donors (Lipinski definition) is 1. The average molecular weight is 359 g/mol. The van der Waals surface area contributed by atoms with Crippen molar-refractivity contribution in [3.05, 3.63) is 45.6 Å². The molecule has 0 radical (unpaired) electrons. The number of aryl methyl sites for hydroxylation is 1. The summed E-state index contributed by atoms with van der Waals surface area (Å²) in [6, 6.07) is 9.72. The van der Waals surface area contributed by atoms with Crippen LogP contribution < -0.4 is 9.47 Å². The van der Waals surface area contributed by atoms with Crippen LogP contribution in [0, 0.1) is 0 Å². The quantitative estimate of drug-likeness (QED) is 0.882. The zero-order valence-corrected chi connectivity index (χ0v) is 14.9. The number of carbonyl (C=O) groups is 1. The summed E-state index contributed by atoms with van der Waals surface area (Å²) in [5, 5.41) is 9.65. The minimum absolute atomic E-state index is 0.0663. The van der Waals surface area contributed by atoms with Crippen LogP contribution in [0.5, 0.6) is 11.5 Å². The van der Waals surface area contributed by atoms with E-state index in [1.807, 2.05) is 18.2 Å². The maximum absolute atomic E-state index is 11.7. The van der Waals surface area contributed by atoms with Crippen LogP contribution in [0.4, 0.5) is 0 Å². The van der Waals surface area contributed by atoms with E-state index in [4.69, 9.17) is 9.47 Å². The predicted octanol–water partition coefficient (Wildman–Crippen LogP) is 3.68. The van der Waals surface area contributed by atoms with Crippen LogP contribution in [0.3, 0.4) is 0 Å². The molecular formula is C19H21NO4S. The number of rotatable bonds is 5. The van der Waals surface area contributed by atoms with Crippen LogP contribution >= 0.6 is 11.3 Å². The van der Waals surface area contributed by atoms with Gasteiger partial charge in [0.1, 0.15) is 6.04 Å². The molecule has 1 aromatic carbocycles. The Balaban J connectivity index is 1.77. The first-order valence-corrected chi connectivity index (χ1v) is 9.45. The third-order valence-corrected chi connectivity index (χ3v) is 6.21. The molecule has 25 heavy (non-hydrogen) atoms. The average Bonchev–Trinajstić information content (AvgIpc) is 3.35. The molecule has 2 unspecified atom stereocenters. The molecule has 0 saturated carbocycles. The largest absolute Gasteiger partial charge is 0.480 e. The molecule has 1 aromatic heterocycles. The Morgan fingerprint density at radius 1 is 1.32 bits per heavy atom. The topological polar surface area (TPSA) is 59.0 Å². The van der Waals surface area contributed by atoms with Gasteiger partial charge in [-0.05, 0) is 49.1 Å². The Kier molecular flexibility index (Phi) is 4.39. The van der Waals surface area contributed by atoms with Gasteiger partial charge in [-0.15, -0.1) is 11.3 Å². The van der Waals surface area contributed by atoms with Crippen molar-refractivity contribution < 1.29 is 19.4 Å². The lowest BCUT2D eigenvalue weighted by atomic mass is 10.0. The summed E-state index contributed by atoms with van der Waals surface area (Å²) < 4.78 is 11.0. The Bertz CT molecular complexity index is 787. The second kappa shape index (κ2) is 6.69. The molecule has 0 spiro atoms. The van der Waals surface area contributed by atoms with Crippen molar-refractivity contribution >= 4 is 17.3 Å². The summed E-state index contributed by atoms with van der Waals surface area (Å²) in [6.45, 7) is 3.17. The van der Waals surface area contributed by atoms with Crippen LogP contribution in [-0.2, 0) is 11.2 Å². The van der Waals surface area contributed by atoms with Gasteiger partial charge in [0.2, 0.25) is 6.79 Å². The van der Waals surface area contributed by atoms with Crippen LogP contribution in [0.15, 0.2) is 30.3 Å². The van der Waals surface area contributed by atoms with Crippen molar-refractivity contribution in [1.29, 1.82) is 0 Å². The smallest absolute Gasteiger partial charge is 0.320 e. The molecular weight excluding hydrogens is 338 g/mol. The number of nitrogens with zero attached hydrogens (tertiary/aromatic N) is 1. The van der Waals surface area contributed by atoms with Crippen molar-refractivity contribution in [2.24, 2.45) is 0 Å². The molecule has 6 heteroatoms. The van der Waals surface area contributed by atoms with Crippen LogP contribution in [0.25, 0.3) is 0 Å². The highest BCUT2D eigenvalue weighted by molar-refractivity contribution is 7.12. The fraction of sp³-hybridized carbons (Fsp3) is 0.421. The van der Waals surface area contributed by atoms with Gasteiger partial charge in [0.05, 0.1) is 6.04 Å². The van der Waals surface area contributed by atoms with Gasteiger partial charge in [-0.2, -0.15) is 0 Å².